The molecule has 9 heteroatoms. The number of anilines is 2. The summed E-state index contributed by atoms with van der Waals surface area (Å²) < 4.78 is 12.0. The molecule has 8 nitrogen and oxygen atoms in total. The Balaban J connectivity index is 1.28. The number of urea groups is 1. The van der Waals surface area contributed by atoms with Crippen LogP contribution in [0.2, 0.25) is 5.15 Å². The molecule has 2 aromatic heterocycles. The predicted molar refractivity (Wildman–Crippen MR) is 112 cm³/mol. The molecule has 0 bridgehead atoms. The van der Waals surface area contributed by atoms with Gasteiger partial charge in [-0.05, 0) is 37.5 Å². The number of ether oxygens (including phenoxy) is 2. The Morgan fingerprint density at radius 2 is 2.03 bits per heavy atom. The summed E-state index contributed by atoms with van der Waals surface area (Å²) in [6.45, 7) is 2.76. The lowest BCUT2D eigenvalue weighted by molar-refractivity contribution is 0.262. The zero-order valence-electron chi connectivity index (χ0n) is 16.1. The maximum Gasteiger partial charge on any atom is 0.323 e. The molecule has 1 aromatic carbocycles. The fourth-order valence-corrected chi connectivity index (χ4v) is 3.72. The third-order valence-electron chi connectivity index (χ3n) is 5.31. The van der Waals surface area contributed by atoms with Gasteiger partial charge in [-0.3, -0.25) is 0 Å². The van der Waals surface area contributed by atoms with Gasteiger partial charge in [0.2, 0.25) is 5.88 Å². The summed E-state index contributed by atoms with van der Waals surface area (Å²) in [4.78, 5) is 24.1. The van der Waals surface area contributed by atoms with Gasteiger partial charge in [-0.25, -0.2) is 19.7 Å². The van der Waals surface area contributed by atoms with Gasteiger partial charge in [-0.2, -0.15) is 0 Å². The molecule has 3 aromatic rings. The third kappa shape index (κ3) is 3.39. The molecular weight excluding hydrogens is 406 g/mol. The molecule has 2 N–H and O–H groups in total. The number of rotatable bonds is 4. The Morgan fingerprint density at radius 1 is 1.17 bits per heavy atom. The number of fused-ring (bicyclic) bond motifs is 2. The van der Waals surface area contributed by atoms with Crippen LogP contribution < -0.4 is 20.1 Å². The molecule has 1 spiro atoms. The van der Waals surface area contributed by atoms with Gasteiger partial charge in [0.25, 0.3) is 0 Å². The Labute approximate surface area is 177 Å². The van der Waals surface area contributed by atoms with E-state index < -0.39 is 6.03 Å². The Morgan fingerprint density at radius 3 is 2.77 bits per heavy atom. The van der Waals surface area contributed by atoms with Crippen molar-refractivity contribution in [1.29, 1.82) is 0 Å². The zero-order valence-corrected chi connectivity index (χ0v) is 16.9. The van der Waals surface area contributed by atoms with Crippen LogP contribution in [0.5, 0.6) is 17.4 Å². The molecule has 0 saturated heterocycles. The number of pyridine rings is 1. The van der Waals surface area contributed by atoms with Gasteiger partial charge >= 0.3 is 6.03 Å². The largest absolute Gasteiger partial charge is 0.492 e. The average Bonchev–Trinajstić information content (AvgIpc) is 3.41. The molecule has 152 valence electrons. The van der Waals surface area contributed by atoms with E-state index in [1.165, 1.54) is 18.7 Å². The number of benzene rings is 1. The van der Waals surface area contributed by atoms with E-state index in [1.54, 1.807) is 12.1 Å². The summed E-state index contributed by atoms with van der Waals surface area (Å²) >= 11 is 5.91. The Hall–Kier alpha value is -3.39. The summed E-state index contributed by atoms with van der Waals surface area (Å²) in [7, 11) is 0. The van der Waals surface area contributed by atoms with E-state index >= 15 is 0 Å². The number of carbonyl (C=O) groups excluding carboxylic acids is 1. The van der Waals surface area contributed by atoms with E-state index in [0.29, 0.717) is 23.9 Å². The number of halogens is 1. The Kier molecular flexibility index (Phi) is 4.43. The molecule has 0 radical (unpaired) electrons. The van der Waals surface area contributed by atoms with Crippen LogP contribution in [0.1, 0.15) is 24.0 Å². The van der Waals surface area contributed by atoms with Gasteiger partial charge in [0, 0.05) is 17.0 Å². The highest BCUT2D eigenvalue weighted by atomic mass is 35.5. The first-order valence-electron chi connectivity index (χ1n) is 9.48. The van der Waals surface area contributed by atoms with E-state index in [-0.39, 0.29) is 10.6 Å². The van der Waals surface area contributed by atoms with E-state index in [2.05, 4.69) is 25.6 Å². The smallest absolute Gasteiger partial charge is 0.323 e. The predicted octanol–water partition coefficient (Wildman–Crippen LogP) is 4.69. The number of nitrogens with one attached hydrogen (secondary N) is 2. The van der Waals surface area contributed by atoms with Crippen molar-refractivity contribution in [2.24, 2.45) is 0 Å². The molecule has 1 aliphatic carbocycles. The second-order valence-corrected chi connectivity index (χ2v) is 7.81. The fraction of sp³-hybridized carbons (Fsp3) is 0.238. The van der Waals surface area contributed by atoms with Crippen LogP contribution in [0.25, 0.3) is 0 Å². The molecule has 2 amide bonds. The van der Waals surface area contributed by atoms with Crippen molar-refractivity contribution in [3.05, 3.63) is 59.3 Å². The lowest BCUT2D eigenvalue weighted by Gasteiger charge is -2.14. The maximum absolute atomic E-state index is 12.1. The number of hydrogen-bond acceptors (Lipinski definition) is 6. The van der Waals surface area contributed by atoms with Crippen LogP contribution in [-0.2, 0) is 5.41 Å². The molecule has 5 rings (SSSR count). The summed E-state index contributed by atoms with van der Waals surface area (Å²) in [6.07, 6.45) is 6.47. The summed E-state index contributed by atoms with van der Waals surface area (Å²) in [5, 5.41) is 5.42. The monoisotopic (exact) mass is 423 g/mol. The van der Waals surface area contributed by atoms with Gasteiger partial charge in [0.1, 0.15) is 17.8 Å². The van der Waals surface area contributed by atoms with Crippen LogP contribution in [0, 0.1) is 6.92 Å². The lowest BCUT2D eigenvalue weighted by Crippen LogP contribution is -2.20. The molecule has 2 aliphatic rings. The van der Waals surface area contributed by atoms with Gasteiger partial charge in [-0.15, -0.1) is 0 Å². The van der Waals surface area contributed by atoms with Crippen LogP contribution in [0.3, 0.4) is 0 Å². The number of aromatic nitrogens is 3. The van der Waals surface area contributed by atoms with Crippen molar-refractivity contribution in [2.45, 2.75) is 25.2 Å². The first-order chi connectivity index (χ1) is 14.5. The lowest BCUT2D eigenvalue weighted by atomic mass is 9.95. The van der Waals surface area contributed by atoms with Crippen molar-refractivity contribution in [3.63, 3.8) is 0 Å². The minimum absolute atomic E-state index is 0.0959. The summed E-state index contributed by atoms with van der Waals surface area (Å²) in [5.74, 6) is 2.15. The minimum atomic E-state index is -0.480. The van der Waals surface area contributed by atoms with Gasteiger partial charge < -0.3 is 20.1 Å². The molecule has 1 fully saturated rings. The quantitative estimate of drug-likeness (QED) is 0.590. The second-order valence-electron chi connectivity index (χ2n) is 7.45. The van der Waals surface area contributed by atoms with Crippen LogP contribution in [0.4, 0.5) is 16.2 Å². The molecule has 3 heterocycles. The average molecular weight is 424 g/mol. The highest BCUT2D eigenvalue weighted by Crippen LogP contribution is 2.59. The Bertz CT molecular complexity index is 1130. The standard InChI is InChI=1S/C21H18ClN5O3/c1-12-2-4-15(17-18(12)29-10-21(17)6-7-21)30-16-5-3-13(8-24-16)26-20(28)27-14-9-23-11-25-19(14)22/h2-5,8-9,11H,6-7,10H2,1H3,(H2,26,27,28). The molecule has 30 heavy (non-hydrogen) atoms. The number of amides is 2. The minimum Gasteiger partial charge on any atom is -0.492 e. The van der Waals surface area contributed by atoms with Crippen LogP contribution in [-0.4, -0.2) is 27.6 Å². The van der Waals surface area contributed by atoms with Gasteiger partial charge in [0.15, 0.2) is 5.15 Å². The van der Waals surface area contributed by atoms with Crippen molar-refractivity contribution in [1.82, 2.24) is 15.0 Å². The van der Waals surface area contributed by atoms with Gasteiger partial charge in [-0.1, -0.05) is 17.7 Å². The third-order valence-corrected chi connectivity index (χ3v) is 5.61. The fourth-order valence-electron chi connectivity index (χ4n) is 3.58. The highest BCUT2D eigenvalue weighted by molar-refractivity contribution is 6.32. The van der Waals surface area contributed by atoms with Crippen molar-refractivity contribution in [3.8, 4) is 17.4 Å². The second kappa shape index (κ2) is 7.14. The highest BCUT2D eigenvalue weighted by Gasteiger charge is 2.53. The van der Waals surface area contributed by atoms with Crippen LogP contribution in [0.15, 0.2) is 43.0 Å². The van der Waals surface area contributed by atoms with E-state index in [0.717, 1.165) is 35.5 Å². The zero-order chi connectivity index (χ0) is 20.7. The molecule has 1 saturated carbocycles. The normalized spacial score (nSPS) is 15.3. The molecule has 0 atom stereocenters. The first-order valence-corrected chi connectivity index (χ1v) is 9.86. The number of carbonyl (C=O) groups is 1. The molecule has 0 unspecified atom stereocenters. The van der Waals surface area contributed by atoms with E-state index in [1.807, 2.05) is 19.1 Å². The number of hydrogen-bond donors (Lipinski definition) is 2. The van der Waals surface area contributed by atoms with Crippen molar-refractivity contribution in [2.75, 3.05) is 17.2 Å². The van der Waals surface area contributed by atoms with E-state index in [9.17, 15) is 4.79 Å². The van der Waals surface area contributed by atoms with E-state index in [4.69, 9.17) is 21.1 Å². The van der Waals surface area contributed by atoms with Crippen molar-refractivity contribution >= 4 is 29.0 Å². The number of nitrogens with zero attached hydrogens (tertiary/aromatic N) is 3. The number of aryl methyl sites for hydroxylation is 1. The summed E-state index contributed by atoms with van der Waals surface area (Å²) in [6, 6.07) is 6.90. The van der Waals surface area contributed by atoms with Gasteiger partial charge in [0.05, 0.1) is 30.4 Å². The summed E-state index contributed by atoms with van der Waals surface area (Å²) in [5.41, 5.74) is 3.17. The van der Waals surface area contributed by atoms with Crippen molar-refractivity contribution < 1.29 is 14.3 Å². The SMILES string of the molecule is Cc1ccc(Oc2ccc(NC(=O)Nc3cncnc3Cl)cn2)c2c1OCC21CC1. The maximum atomic E-state index is 12.1. The topological polar surface area (TPSA) is 98.3 Å². The molecule has 1 aliphatic heterocycles. The first kappa shape index (κ1) is 18.6. The molecular formula is C21H18ClN5O3. The van der Waals surface area contributed by atoms with Crippen LogP contribution >= 0.6 is 11.6 Å².